The van der Waals surface area contributed by atoms with Crippen LogP contribution in [0, 0.1) is 0 Å². The van der Waals surface area contributed by atoms with E-state index >= 15 is 0 Å². The van der Waals surface area contributed by atoms with E-state index in [4.69, 9.17) is 5.73 Å². The number of hydrogen-bond donors (Lipinski definition) is 2. The number of hydrogen-bond acceptors (Lipinski definition) is 6. The molecule has 3 rings (SSSR count). The summed E-state index contributed by atoms with van der Waals surface area (Å²) in [4.78, 5) is 16.1. The molecular weight excluding hydrogens is 232 g/mol. The molecule has 0 aliphatic carbocycles. The van der Waals surface area contributed by atoms with Crippen LogP contribution in [0.4, 0.5) is 5.69 Å². The number of ketones is 1. The molecule has 1 saturated heterocycles. The van der Waals surface area contributed by atoms with Gasteiger partial charge < -0.3 is 11.1 Å². The Balaban J connectivity index is 1.88. The van der Waals surface area contributed by atoms with Crippen LogP contribution in [0.3, 0.4) is 0 Å². The highest BCUT2D eigenvalue weighted by Gasteiger charge is 2.22. The molecule has 1 aliphatic rings. The molecule has 0 spiro atoms. The number of carbonyl (C=O) groups excluding carboxylic acids is 1. The van der Waals surface area contributed by atoms with Gasteiger partial charge in [0.15, 0.2) is 5.69 Å². The van der Waals surface area contributed by atoms with Crippen LogP contribution in [0.25, 0.3) is 0 Å². The van der Waals surface area contributed by atoms with Crippen molar-refractivity contribution in [3.63, 3.8) is 0 Å². The van der Waals surface area contributed by atoms with Crippen molar-refractivity contribution in [3.05, 3.63) is 35.9 Å². The predicted molar refractivity (Wildman–Crippen MR) is 64.0 cm³/mol. The second kappa shape index (κ2) is 4.19. The molecule has 92 valence electrons. The highest BCUT2D eigenvalue weighted by Crippen LogP contribution is 2.15. The van der Waals surface area contributed by atoms with Crippen LogP contribution in [-0.4, -0.2) is 38.9 Å². The second-order valence-corrected chi connectivity index (χ2v) is 4.19. The summed E-state index contributed by atoms with van der Waals surface area (Å²) >= 11 is 0. The molecule has 3 heterocycles. The number of carbonyl (C=O) groups is 1. The fourth-order valence-corrected chi connectivity index (χ4v) is 1.75. The van der Waals surface area contributed by atoms with E-state index in [2.05, 4.69) is 20.6 Å². The van der Waals surface area contributed by atoms with Gasteiger partial charge in [-0.25, -0.2) is 4.68 Å². The largest absolute Gasteiger partial charge is 0.398 e. The Morgan fingerprint density at radius 1 is 1.50 bits per heavy atom. The maximum Gasteiger partial charge on any atom is 0.218 e. The molecule has 0 radical (unpaired) electrons. The summed E-state index contributed by atoms with van der Waals surface area (Å²) in [5.74, 6) is -0.251. The Bertz CT molecular complexity index is 589. The highest BCUT2D eigenvalue weighted by atomic mass is 16.1. The Kier molecular flexibility index (Phi) is 2.52. The molecule has 18 heavy (non-hydrogen) atoms. The Morgan fingerprint density at radius 3 is 3.00 bits per heavy atom. The van der Waals surface area contributed by atoms with E-state index in [1.807, 2.05) is 0 Å². The third-order valence-electron chi connectivity index (χ3n) is 2.98. The highest BCUT2D eigenvalue weighted by molar-refractivity contribution is 6.10. The number of nitrogens with one attached hydrogen (secondary N) is 1. The minimum Gasteiger partial charge on any atom is -0.398 e. The van der Waals surface area contributed by atoms with Crippen molar-refractivity contribution in [1.82, 2.24) is 25.3 Å². The molecule has 7 nitrogen and oxygen atoms in total. The van der Waals surface area contributed by atoms with Crippen LogP contribution in [0.1, 0.15) is 22.1 Å². The average molecular weight is 244 g/mol. The predicted octanol–water partition coefficient (Wildman–Crippen LogP) is -0.369. The van der Waals surface area contributed by atoms with Crippen molar-refractivity contribution in [2.24, 2.45) is 0 Å². The van der Waals surface area contributed by atoms with E-state index in [1.165, 1.54) is 6.20 Å². The van der Waals surface area contributed by atoms with Crippen LogP contribution in [-0.2, 0) is 0 Å². The van der Waals surface area contributed by atoms with Crippen LogP contribution in [0.15, 0.2) is 24.7 Å². The summed E-state index contributed by atoms with van der Waals surface area (Å²) in [6, 6.07) is 1.87. The second-order valence-electron chi connectivity index (χ2n) is 4.19. The van der Waals surface area contributed by atoms with Crippen molar-refractivity contribution in [1.29, 1.82) is 0 Å². The Morgan fingerprint density at radius 2 is 2.33 bits per heavy atom. The fourth-order valence-electron chi connectivity index (χ4n) is 1.75. The molecule has 0 atom stereocenters. The van der Waals surface area contributed by atoms with Crippen molar-refractivity contribution < 1.29 is 4.79 Å². The van der Waals surface area contributed by atoms with Gasteiger partial charge in [0.1, 0.15) is 0 Å². The number of pyridine rings is 1. The number of anilines is 1. The first-order valence-corrected chi connectivity index (χ1v) is 5.62. The van der Waals surface area contributed by atoms with Gasteiger partial charge in [-0.15, -0.1) is 5.10 Å². The molecule has 2 aromatic rings. The molecule has 1 aliphatic heterocycles. The van der Waals surface area contributed by atoms with Crippen molar-refractivity contribution in [2.75, 3.05) is 18.8 Å². The number of nitrogen functional groups attached to an aromatic ring is 1. The lowest BCUT2D eigenvalue weighted by Crippen LogP contribution is -2.43. The summed E-state index contributed by atoms with van der Waals surface area (Å²) in [6.45, 7) is 1.71. The van der Waals surface area contributed by atoms with Gasteiger partial charge in [0.2, 0.25) is 5.78 Å². The first kappa shape index (κ1) is 10.8. The molecule has 0 aromatic carbocycles. The molecule has 1 fully saturated rings. The topological polar surface area (TPSA) is 98.7 Å². The molecule has 2 aromatic heterocycles. The van der Waals surface area contributed by atoms with Gasteiger partial charge in [0.05, 0.1) is 17.8 Å². The fraction of sp³-hybridized carbons (Fsp3) is 0.273. The third kappa shape index (κ3) is 1.74. The lowest BCUT2D eigenvalue weighted by molar-refractivity contribution is 0.103. The minimum atomic E-state index is -0.251. The molecule has 0 bridgehead atoms. The maximum absolute atomic E-state index is 12.2. The van der Waals surface area contributed by atoms with Crippen LogP contribution in [0.2, 0.25) is 0 Å². The van der Waals surface area contributed by atoms with E-state index < -0.39 is 0 Å². The van der Waals surface area contributed by atoms with Crippen molar-refractivity contribution in [2.45, 2.75) is 6.04 Å². The van der Waals surface area contributed by atoms with Gasteiger partial charge in [-0.05, 0) is 6.07 Å². The number of nitrogens with zero attached hydrogens (tertiary/aromatic N) is 4. The zero-order chi connectivity index (χ0) is 12.5. The first-order chi connectivity index (χ1) is 8.75. The summed E-state index contributed by atoms with van der Waals surface area (Å²) < 4.78 is 1.70. The van der Waals surface area contributed by atoms with Gasteiger partial charge in [-0.1, -0.05) is 5.21 Å². The van der Waals surface area contributed by atoms with E-state index in [-0.39, 0.29) is 11.8 Å². The van der Waals surface area contributed by atoms with Gasteiger partial charge in [-0.3, -0.25) is 9.78 Å². The normalized spacial score (nSPS) is 15.3. The summed E-state index contributed by atoms with van der Waals surface area (Å²) in [5.41, 5.74) is 6.79. The number of nitrogens with two attached hydrogens (primary N) is 1. The molecule has 3 N–H and O–H groups in total. The monoisotopic (exact) mass is 244 g/mol. The van der Waals surface area contributed by atoms with Crippen LogP contribution >= 0.6 is 0 Å². The van der Waals surface area contributed by atoms with Gasteiger partial charge in [0.25, 0.3) is 0 Å². The first-order valence-electron chi connectivity index (χ1n) is 5.62. The Labute approximate surface area is 103 Å². The van der Waals surface area contributed by atoms with Gasteiger partial charge in [0, 0.05) is 31.2 Å². The number of rotatable bonds is 3. The molecule has 0 saturated carbocycles. The zero-order valence-corrected chi connectivity index (χ0v) is 9.58. The zero-order valence-electron chi connectivity index (χ0n) is 9.58. The third-order valence-corrected chi connectivity index (χ3v) is 2.98. The molecule has 0 unspecified atom stereocenters. The molecular formula is C11H12N6O. The number of aromatic nitrogens is 4. The average Bonchev–Trinajstić information content (AvgIpc) is 2.76. The lowest BCUT2D eigenvalue weighted by Gasteiger charge is -2.26. The van der Waals surface area contributed by atoms with E-state index in [0.717, 1.165) is 13.1 Å². The summed E-state index contributed by atoms with van der Waals surface area (Å²) in [7, 11) is 0. The van der Waals surface area contributed by atoms with Crippen LogP contribution in [0.5, 0.6) is 0 Å². The van der Waals surface area contributed by atoms with Gasteiger partial charge >= 0.3 is 0 Å². The summed E-state index contributed by atoms with van der Waals surface area (Å²) in [6.07, 6.45) is 4.64. The lowest BCUT2D eigenvalue weighted by atomic mass is 10.1. The van der Waals surface area contributed by atoms with E-state index in [9.17, 15) is 4.79 Å². The standard InChI is InChI=1S/C11H12N6O/c12-9-1-2-13-5-8(9)11(18)10-6-17(16-15-10)7-3-14-4-7/h1-2,5-7,14H,3-4H2,(H2,12,13). The quantitative estimate of drug-likeness (QED) is 0.715. The van der Waals surface area contributed by atoms with Crippen LogP contribution < -0.4 is 11.1 Å². The van der Waals surface area contributed by atoms with Gasteiger partial charge in [-0.2, -0.15) is 0 Å². The smallest absolute Gasteiger partial charge is 0.218 e. The van der Waals surface area contributed by atoms with Crippen molar-refractivity contribution in [3.8, 4) is 0 Å². The molecule has 0 amide bonds. The molecule has 7 heteroatoms. The van der Waals surface area contributed by atoms with E-state index in [1.54, 1.807) is 23.1 Å². The minimum absolute atomic E-state index is 0.251. The van der Waals surface area contributed by atoms with E-state index in [0.29, 0.717) is 16.9 Å². The maximum atomic E-state index is 12.2. The Hall–Kier alpha value is -2.28. The van der Waals surface area contributed by atoms with Crippen molar-refractivity contribution >= 4 is 11.5 Å². The summed E-state index contributed by atoms with van der Waals surface area (Å²) in [5, 5.41) is 11.0. The SMILES string of the molecule is Nc1ccncc1C(=O)c1cn(C2CNC2)nn1.